The molecular weight excluding hydrogens is 383 g/mol. The lowest BCUT2D eigenvalue weighted by Gasteiger charge is -2.27. The molecule has 1 aromatic carbocycles. The lowest BCUT2D eigenvalue weighted by Crippen LogP contribution is -2.51. The molecule has 1 saturated heterocycles. The van der Waals surface area contributed by atoms with E-state index in [1.807, 2.05) is 0 Å². The third-order valence-corrected chi connectivity index (χ3v) is 5.61. The normalized spacial score (nSPS) is 14.6. The van der Waals surface area contributed by atoms with Crippen molar-refractivity contribution in [3.8, 4) is 11.3 Å². The van der Waals surface area contributed by atoms with Crippen LogP contribution in [0.5, 0.6) is 0 Å². The molecule has 150 valence electrons. The van der Waals surface area contributed by atoms with Crippen LogP contribution >= 0.6 is 11.3 Å². The number of carbonyl (C=O) groups is 2. The van der Waals surface area contributed by atoms with Gasteiger partial charge >= 0.3 is 6.09 Å². The van der Waals surface area contributed by atoms with Gasteiger partial charge in [-0.2, -0.15) is 0 Å². The number of halogens is 1. The Bertz CT molecular complexity index is 861. The van der Waals surface area contributed by atoms with Gasteiger partial charge in [0.25, 0.3) is 5.91 Å². The van der Waals surface area contributed by atoms with Gasteiger partial charge in [0.2, 0.25) is 0 Å². The summed E-state index contributed by atoms with van der Waals surface area (Å²) < 4.78 is 13.3. The maximum absolute atomic E-state index is 13.3. The highest BCUT2D eigenvalue weighted by Crippen LogP contribution is 2.40. The molecule has 0 atom stereocenters. The van der Waals surface area contributed by atoms with Crippen molar-refractivity contribution in [3.63, 3.8) is 0 Å². The Morgan fingerprint density at radius 1 is 1.18 bits per heavy atom. The predicted molar refractivity (Wildman–Crippen MR) is 107 cm³/mol. The van der Waals surface area contributed by atoms with Crippen molar-refractivity contribution in [2.45, 2.75) is 38.6 Å². The van der Waals surface area contributed by atoms with Gasteiger partial charge in [-0.05, 0) is 57.4 Å². The molecule has 28 heavy (non-hydrogen) atoms. The Morgan fingerprint density at radius 2 is 1.82 bits per heavy atom. The maximum Gasteiger partial charge on any atom is 0.405 e. The van der Waals surface area contributed by atoms with Gasteiger partial charge < -0.3 is 15.3 Å². The van der Waals surface area contributed by atoms with Crippen LogP contribution in [-0.4, -0.2) is 40.7 Å². The molecule has 0 spiro atoms. The number of hydrogen-bond acceptors (Lipinski definition) is 5. The first kappa shape index (κ1) is 20.1. The first-order valence-corrected chi connectivity index (χ1v) is 9.92. The summed E-state index contributed by atoms with van der Waals surface area (Å²) in [4.78, 5) is 30.2. The average Bonchev–Trinajstić information content (AvgIpc) is 3.06. The predicted octanol–water partition coefficient (Wildman–Crippen LogP) is 3.92. The number of hydrogen-bond donors (Lipinski definition) is 3. The summed E-state index contributed by atoms with van der Waals surface area (Å²) in [6, 6.07) is 6.10. The van der Waals surface area contributed by atoms with E-state index < -0.39 is 17.5 Å². The zero-order valence-corrected chi connectivity index (χ0v) is 16.6. The van der Waals surface area contributed by atoms with E-state index in [0.717, 1.165) is 36.5 Å². The van der Waals surface area contributed by atoms with Gasteiger partial charge in [-0.3, -0.25) is 10.1 Å². The Morgan fingerprint density at radius 3 is 2.43 bits per heavy atom. The fourth-order valence-electron chi connectivity index (χ4n) is 3.05. The average molecular weight is 406 g/mol. The lowest BCUT2D eigenvalue weighted by molar-refractivity contribution is -0.121. The molecular formula is C19H23FN4O3S. The second kappa shape index (κ2) is 8.14. The topological polar surface area (TPSA) is 94.6 Å². The highest BCUT2D eigenvalue weighted by atomic mass is 32.1. The largest absolute Gasteiger partial charge is 0.465 e. The van der Waals surface area contributed by atoms with Gasteiger partial charge in [-0.25, -0.2) is 14.2 Å². The minimum Gasteiger partial charge on any atom is -0.465 e. The minimum atomic E-state index is -1.31. The summed E-state index contributed by atoms with van der Waals surface area (Å²) in [6.07, 6.45) is 2.07. The number of piperidine rings is 1. The SMILES string of the molecule is CC(C)(NC(=O)O)C(=O)Nc1nc(-c2ccc(F)cc2)c(N2CCCCC2)s1. The Labute approximate surface area is 166 Å². The van der Waals surface area contributed by atoms with Gasteiger partial charge in [0.05, 0.1) is 0 Å². The van der Waals surface area contributed by atoms with Gasteiger partial charge in [-0.1, -0.05) is 11.3 Å². The fraction of sp³-hybridized carbons (Fsp3) is 0.421. The second-order valence-corrected chi connectivity index (χ2v) is 8.21. The smallest absolute Gasteiger partial charge is 0.405 e. The molecule has 1 aliphatic heterocycles. The number of nitrogens with one attached hydrogen (secondary N) is 2. The monoisotopic (exact) mass is 406 g/mol. The van der Waals surface area contributed by atoms with Crippen LogP contribution in [0.3, 0.4) is 0 Å². The maximum atomic E-state index is 13.3. The van der Waals surface area contributed by atoms with E-state index in [1.165, 1.54) is 43.7 Å². The summed E-state index contributed by atoms with van der Waals surface area (Å²) in [7, 11) is 0. The number of carbonyl (C=O) groups excluding carboxylic acids is 1. The molecule has 2 heterocycles. The number of amides is 2. The van der Waals surface area contributed by atoms with Gasteiger partial charge in [0.15, 0.2) is 5.13 Å². The third kappa shape index (κ3) is 4.59. The first-order valence-electron chi connectivity index (χ1n) is 9.10. The van der Waals surface area contributed by atoms with E-state index in [1.54, 1.807) is 12.1 Å². The number of aromatic nitrogens is 1. The Balaban J connectivity index is 1.91. The van der Waals surface area contributed by atoms with E-state index in [2.05, 4.69) is 20.5 Å². The molecule has 0 bridgehead atoms. The van der Waals surface area contributed by atoms with Crippen molar-refractivity contribution in [2.75, 3.05) is 23.3 Å². The van der Waals surface area contributed by atoms with Crippen molar-refractivity contribution in [2.24, 2.45) is 0 Å². The summed E-state index contributed by atoms with van der Waals surface area (Å²) >= 11 is 1.34. The molecule has 3 N–H and O–H groups in total. The molecule has 7 nitrogen and oxygen atoms in total. The van der Waals surface area contributed by atoms with Crippen LogP contribution in [0.15, 0.2) is 24.3 Å². The molecule has 0 saturated carbocycles. The first-order chi connectivity index (χ1) is 13.3. The molecule has 1 aromatic heterocycles. The number of anilines is 2. The zero-order valence-electron chi connectivity index (χ0n) is 15.8. The molecule has 1 fully saturated rings. The molecule has 0 aliphatic carbocycles. The zero-order chi connectivity index (χ0) is 20.3. The second-order valence-electron chi connectivity index (χ2n) is 7.24. The fourth-order valence-corrected chi connectivity index (χ4v) is 4.09. The molecule has 3 rings (SSSR count). The van der Waals surface area contributed by atoms with Crippen LogP contribution in [0, 0.1) is 5.82 Å². The van der Waals surface area contributed by atoms with Crippen LogP contribution in [0.4, 0.5) is 19.3 Å². The van der Waals surface area contributed by atoms with E-state index in [4.69, 9.17) is 5.11 Å². The Kier molecular flexibility index (Phi) is 5.83. The summed E-state index contributed by atoms with van der Waals surface area (Å²) in [5.74, 6) is -0.826. The van der Waals surface area contributed by atoms with Crippen molar-refractivity contribution in [3.05, 3.63) is 30.1 Å². The van der Waals surface area contributed by atoms with Crippen LogP contribution in [0.1, 0.15) is 33.1 Å². The number of rotatable bonds is 5. The molecule has 1 aliphatic rings. The van der Waals surface area contributed by atoms with E-state index in [0.29, 0.717) is 10.8 Å². The molecule has 0 radical (unpaired) electrons. The van der Waals surface area contributed by atoms with E-state index in [-0.39, 0.29) is 5.82 Å². The van der Waals surface area contributed by atoms with E-state index in [9.17, 15) is 14.0 Å². The number of thiazole rings is 1. The quantitative estimate of drug-likeness (QED) is 0.700. The molecule has 2 amide bonds. The highest BCUT2D eigenvalue weighted by molar-refractivity contribution is 7.20. The van der Waals surface area contributed by atoms with E-state index >= 15 is 0 Å². The van der Waals surface area contributed by atoms with Crippen LogP contribution in [-0.2, 0) is 4.79 Å². The molecule has 0 unspecified atom stereocenters. The summed E-state index contributed by atoms with van der Waals surface area (Å²) in [5, 5.41) is 15.1. The van der Waals surface area contributed by atoms with Crippen molar-refractivity contribution >= 4 is 33.5 Å². The Hall–Kier alpha value is -2.68. The minimum absolute atomic E-state index is 0.325. The van der Waals surface area contributed by atoms with Crippen LogP contribution in [0.25, 0.3) is 11.3 Å². The lowest BCUT2D eigenvalue weighted by atomic mass is 10.1. The van der Waals surface area contributed by atoms with Crippen molar-refractivity contribution in [1.82, 2.24) is 10.3 Å². The van der Waals surface area contributed by atoms with Crippen LogP contribution in [0.2, 0.25) is 0 Å². The summed E-state index contributed by atoms with van der Waals surface area (Å²) in [5.41, 5.74) is 0.145. The van der Waals surface area contributed by atoms with Gasteiger partial charge in [0.1, 0.15) is 22.1 Å². The van der Waals surface area contributed by atoms with Crippen LogP contribution < -0.4 is 15.5 Å². The standard InChI is InChI=1S/C19H23FN4O3S/c1-19(2,23-18(26)27)16(25)22-17-21-14(12-6-8-13(20)9-7-12)15(28-17)24-10-4-3-5-11-24/h6-9,23H,3-5,10-11H2,1-2H3,(H,26,27)(H,21,22,25). The number of nitrogens with zero attached hydrogens (tertiary/aromatic N) is 2. The highest BCUT2D eigenvalue weighted by Gasteiger charge is 2.31. The van der Waals surface area contributed by atoms with Gasteiger partial charge in [0, 0.05) is 18.7 Å². The number of carboxylic acid groups (broad SMARTS) is 1. The third-order valence-electron chi connectivity index (χ3n) is 4.58. The van der Waals surface area contributed by atoms with Crippen molar-refractivity contribution in [1.29, 1.82) is 0 Å². The molecule has 2 aromatic rings. The van der Waals surface area contributed by atoms with Crippen molar-refractivity contribution < 1.29 is 19.1 Å². The van der Waals surface area contributed by atoms with Gasteiger partial charge in [-0.15, -0.1) is 0 Å². The number of benzene rings is 1. The molecule has 9 heteroatoms. The summed E-state index contributed by atoms with van der Waals surface area (Å²) in [6.45, 7) is 4.76.